The molecule has 0 unspecified atom stereocenters. The zero-order chi connectivity index (χ0) is 18.2. The summed E-state index contributed by atoms with van der Waals surface area (Å²) in [5, 5.41) is 29.3. The van der Waals surface area contributed by atoms with Crippen molar-refractivity contribution in [3.63, 3.8) is 0 Å². The number of phenolic OH excluding ortho intramolecular Hbond substituents is 1. The van der Waals surface area contributed by atoms with Crippen LogP contribution < -0.4 is 10.2 Å². The Morgan fingerprint density at radius 1 is 1.07 bits per heavy atom. The molecule has 2 aromatic heterocycles. The molecule has 2 atom stereocenters. The van der Waals surface area contributed by atoms with E-state index in [1.54, 1.807) is 24.7 Å². The second kappa shape index (κ2) is 8.94. The standard InChI is InChI=1S/C19H21N7O.2ClH/c27-18-6-12(14-7-22-23-8-14)3-4-15(18)16-9-21-19(25-24-16)26-10-13-2-1-5-20-17(13)11-26;;/h3-4,6-9,13,17,20,27H,1-2,5,10-11H2,(H,22,23);2*1H/t13-,17+;;/m0../s1. The molecule has 8 nitrogen and oxygen atoms in total. The number of aromatic nitrogens is 5. The van der Waals surface area contributed by atoms with Gasteiger partial charge in [-0.15, -0.1) is 35.0 Å². The minimum absolute atomic E-state index is 0. The van der Waals surface area contributed by atoms with E-state index in [1.807, 2.05) is 12.1 Å². The van der Waals surface area contributed by atoms with Crippen LogP contribution in [0.3, 0.4) is 0 Å². The van der Waals surface area contributed by atoms with Gasteiger partial charge in [0.25, 0.3) is 0 Å². The van der Waals surface area contributed by atoms with E-state index in [9.17, 15) is 5.11 Å². The van der Waals surface area contributed by atoms with Crippen LogP contribution in [0.1, 0.15) is 12.8 Å². The summed E-state index contributed by atoms with van der Waals surface area (Å²) in [5.41, 5.74) is 2.98. The van der Waals surface area contributed by atoms with Crippen LogP contribution in [0.2, 0.25) is 0 Å². The number of H-pyrrole nitrogens is 1. The van der Waals surface area contributed by atoms with Crippen LogP contribution in [0.5, 0.6) is 5.75 Å². The maximum Gasteiger partial charge on any atom is 0.245 e. The lowest BCUT2D eigenvalue weighted by atomic mass is 9.94. The van der Waals surface area contributed by atoms with Gasteiger partial charge < -0.3 is 15.3 Å². The zero-order valence-electron chi connectivity index (χ0n) is 15.7. The van der Waals surface area contributed by atoms with Crippen LogP contribution in [0, 0.1) is 5.92 Å². The van der Waals surface area contributed by atoms with Crippen molar-refractivity contribution in [3.05, 3.63) is 36.8 Å². The number of piperidine rings is 1. The Bertz CT molecular complexity index is 922. The molecule has 10 heteroatoms. The first-order valence-corrected chi connectivity index (χ1v) is 9.28. The molecule has 2 fully saturated rings. The van der Waals surface area contributed by atoms with Gasteiger partial charge in [-0.3, -0.25) is 5.10 Å². The Balaban J connectivity index is 0.00000120. The van der Waals surface area contributed by atoms with E-state index in [0.717, 1.165) is 30.8 Å². The largest absolute Gasteiger partial charge is 0.507 e. The van der Waals surface area contributed by atoms with Crippen LogP contribution in [-0.4, -0.2) is 56.2 Å². The fourth-order valence-corrected chi connectivity index (χ4v) is 4.08. The average Bonchev–Trinajstić information content (AvgIpc) is 3.38. The Hall–Kier alpha value is -2.42. The normalized spacial score (nSPS) is 20.5. The summed E-state index contributed by atoms with van der Waals surface area (Å²) >= 11 is 0. The predicted molar refractivity (Wildman–Crippen MR) is 116 cm³/mol. The Labute approximate surface area is 181 Å². The number of nitrogens with one attached hydrogen (secondary N) is 2. The van der Waals surface area contributed by atoms with E-state index in [1.165, 1.54) is 12.8 Å². The van der Waals surface area contributed by atoms with Gasteiger partial charge >= 0.3 is 0 Å². The smallest absolute Gasteiger partial charge is 0.245 e. The number of phenols is 1. The number of halogens is 2. The van der Waals surface area contributed by atoms with Crippen molar-refractivity contribution >= 4 is 30.8 Å². The highest BCUT2D eigenvalue weighted by atomic mass is 35.5. The van der Waals surface area contributed by atoms with E-state index in [4.69, 9.17) is 0 Å². The molecule has 0 aliphatic carbocycles. The van der Waals surface area contributed by atoms with Gasteiger partial charge in [-0.05, 0) is 43.0 Å². The minimum atomic E-state index is 0. The molecule has 0 radical (unpaired) electrons. The third-order valence-corrected chi connectivity index (χ3v) is 5.54. The molecular weight excluding hydrogens is 413 g/mol. The minimum Gasteiger partial charge on any atom is -0.507 e. The summed E-state index contributed by atoms with van der Waals surface area (Å²) < 4.78 is 0. The maximum atomic E-state index is 10.4. The molecule has 0 amide bonds. The number of fused-ring (bicyclic) bond motifs is 1. The van der Waals surface area contributed by atoms with Crippen molar-refractivity contribution in [2.45, 2.75) is 18.9 Å². The quantitative estimate of drug-likeness (QED) is 0.580. The van der Waals surface area contributed by atoms with Crippen molar-refractivity contribution < 1.29 is 5.11 Å². The monoisotopic (exact) mass is 435 g/mol. The van der Waals surface area contributed by atoms with Crippen LogP contribution in [0.15, 0.2) is 36.8 Å². The second-order valence-electron chi connectivity index (χ2n) is 7.23. The van der Waals surface area contributed by atoms with Crippen LogP contribution in [0.25, 0.3) is 22.4 Å². The lowest BCUT2D eigenvalue weighted by molar-refractivity contribution is 0.340. The molecule has 0 bridgehead atoms. The number of nitrogens with zero attached hydrogens (tertiary/aromatic N) is 5. The molecule has 0 spiro atoms. The van der Waals surface area contributed by atoms with Gasteiger partial charge in [0, 0.05) is 36.5 Å². The number of aromatic hydroxyl groups is 1. The molecule has 3 N–H and O–H groups in total. The van der Waals surface area contributed by atoms with Gasteiger partial charge in [-0.1, -0.05) is 6.07 Å². The number of aromatic amines is 1. The lowest BCUT2D eigenvalue weighted by Crippen LogP contribution is -2.40. The second-order valence-corrected chi connectivity index (χ2v) is 7.23. The Morgan fingerprint density at radius 3 is 2.66 bits per heavy atom. The summed E-state index contributed by atoms with van der Waals surface area (Å²) in [6.45, 7) is 3.00. The van der Waals surface area contributed by atoms with Crippen molar-refractivity contribution in [3.8, 4) is 28.1 Å². The Morgan fingerprint density at radius 2 is 1.97 bits per heavy atom. The van der Waals surface area contributed by atoms with Crippen molar-refractivity contribution in [2.24, 2.45) is 5.92 Å². The van der Waals surface area contributed by atoms with Crippen LogP contribution in [-0.2, 0) is 0 Å². The lowest BCUT2D eigenvalue weighted by Gasteiger charge is -2.24. The van der Waals surface area contributed by atoms with Crippen molar-refractivity contribution in [1.29, 1.82) is 0 Å². The van der Waals surface area contributed by atoms with Gasteiger partial charge in [0.15, 0.2) is 0 Å². The molecule has 154 valence electrons. The van der Waals surface area contributed by atoms with E-state index in [2.05, 4.69) is 35.6 Å². The fourth-order valence-electron chi connectivity index (χ4n) is 4.08. The summed E-state index contributed by atoms with van der Waals surface area (Å²) in [7, 11) is 0. The van der Waals surface area contributed by atoms with Gasteiger partial charge in [-0.2, -0.15) is 5.10 Å². The van der Waals surface area contributed by atoms with E-state index >= 15 is 0 Å². The molecule has 29 heavy (non-hydrogen) atoms. The number of anilines is 1. The molecule has 3 aromatic rings. The number of hydrogen-bond donors (Lipinski definition) is 3. The van der Waals surface area contributed by atoms with Gasteiger partial charge in [-0.25, -0.2) is 4.98 Å². The molecule has 1 aromatic carbocycles. The topological polar surface area (TPSA) is 103 Å². The van der Waals surface area contributed by atoms with Crippen LogP contribution >= 0.6 is 24.8 Å². The molecule has 5 rings (SSSR count). The maximum absolute atomic E-state index is 10.4. The number of rotatable bonds is 3. The highest BCUT2D eigenvalue weighted by Gasteiger charge is 2.35. The highest BCUT2D eigenvalue weighted by Crippen LogP contribution is 2.32. The fraction of sp³-hybridized carbons (Fsp3) is 0.368. The predicted octanol–water partition coefficient (Wildman–Crippen LogP) is 2.67. The molecule has 2 aliphatic rings. The summed E-state index contributed by atoms with van der Waals surface area (Å²) in [5.74, 6) is 1.47. The van der Waals surface area contributed by atoms with Crippen LogP contribution in [0.4, 0.5) is 5.95 Å². The molecule has 2 saturated heterocycles. The number of benzene rings is 1. The molecule has 2 aliphatic heterocycles. The summed E-state index contributed by atoms with van der Waals surface area (Å²) in [6.07, 6.45) is 7.68. The molecule has 4 heterocycles. The average molecular weight is 436 g/mol. The van der Waals surface area contributed by atoms with Gasteiger partial charge in [0.05, 0.1) is 12.4 Å². The first-order valence-electron chi connectivity index (χ1n) is 9.28. The van der Waals surface area contributed by atoms with E-state index in [-0.39, 0.29) is 30.6 Å². The third kappa shape index (κ3) is 4.14. The molecular formula is C19H23Cl2N7O. The first-order chi connectivity index (χ1) is 13.3. The summed E-state index contributed by atoms with van der Waals surface area (Å²) in [6, 6.07) is 5.98. The van der Waals surface area contributed by atoms with E-state index < -0.39 is 0 Å². The van der Waals surface area contributed by atoms with Gasteiger partial charge in [0.2, 0.25) is 5.95 Å². The van der Waals surface area contributed by atoms with Crippen molar-refractivity contribution in [2.75, 3.05) is 24.5 Å². The van der Waals surface area contributed by atoms with Crippen molar-refractivity contribution in [1.82, 2.24) is 30.7 Å². The first kappa shape index (κ1) is 21.3. The Kier molecular flexibility index (Phi) is 6.56. The highest BCUT2D eigenvalue weighted by molar-refractivity contribution is 5.85. The zero-order valence-corrected chi connectivity index (χ0v) is 17.3. The SMILES string of the molecule is Cl.Cl.Oc1cc(-c2cn[nH]c2)ccc1-c1cnc(N2C[C@@H]3CCCN[C@@H]3C2)nn1. The van der Waals surface area contributed by atoms with E-state index in [0.29, 0.717) is 29.2 Å². The third-order valence-electron chi connectivity index (χ3n) is 5.54. The molecule has 0 saturated carbocycles. The summed E-state index contributed by atoms with van der Waals surface area (Å²) in [4.78, 5) is 6.71. The van der Waals surface area contributed by atoms with Gasteiger partial charge in [0.1, 0.15) is 11.4 Å². The number of hydrogen-bond acceptors (Lipinski definition) is 7.